The number of nitrogens with two attached hydrogens (primary N) is 1. The van der Waals surface area contributed by atoms with Crippen molar-refractivity contribution in [2.75, 3.05) is 12.8 Å². The van der Waals surface area contributed by atoms with Crippen molar-refractivity contribution in [1.82, 2.24) is 4.98 Å². The van der Waals surface area contributed by atoms with E-state index in [0.29, 0.717) is 10.0 Å². The molecule has 0 radical (unpaired) electrons. The monoisotopic (exact) mass is 326 g/mol. The summed E-state index contributed by atoms with van der Waals surface area (Å²) in [5.74, 6) is -0.513. The van der Waals surface area contributed by atoms with Gasteiger partial charge in [-0.2, -0.15) is 0 Å². The van der Waals surface area contributed by atoms with Crippen LogP contribution in [0.4, 0.5) is 5.00 Å². The molecule has 0 bridgehead atoms. The Balaban J connectivity index is 2.45. The zero-order valence-corrected chi connectivity index (χ0v) is 12.3. The number of nitrogens with zero attached hydrogens (tertiary/aromatic N) is 1. The molecule has 0 saturated carbocycles. The third-order valence-corrected chi connectivity index (χ3v) is 4.24. The first kappa shape index (κ1) is 13.0. The van der Waals surface area contributed by atoms with E-state index in [-0.39, 0.29) is 5.69 Å². The third kappa shape index (κ3) is 2.39. The van der Waals surface area contributed by atoms with Crippen molar-refractivity contribution in [3.8, 4) is 10.6 Å². The van der Waals surface area contributed by atoms with Crippen LogP contribution in [0.25, 0.3) is 10.6 Å². The molecule has 0 aliphatic heterocycles. The molecule has 1 aromatic carbocycles. The van der Waals surface area contributed by atoms with Crippen molar-refractivity contribution < 1.29 is 9.53 Å². The smallest absolute Gasteiger partial charge is 0.359 e. The van der Waals surface area contributed by atoms with Gasteiger partial charge in [-0.1, -0.05) is 39.4 Å². The lowest BCUT2D eigenvalue weighted by molar-refractivity contribution is 0.0596. The molecule has 0 atom stereocenters. The van der Waals surface area contributed by atoms with Crippen LogP contribution in [0.1, 0.15) is 16.1 Å². The number of thiazole rings is 1. The molecule has 0 amide bonds. The highest BCUT2D eigenvalue weighted by Crippen LogP contribution is 2.32. The van der Waals surface area contributed by atoms with Gasteiger partial charge in [0, 0.05) is 10.0 Å². The molecule has 0 aliphatic carbocycles. The number of hydrogen-bond acceptors (Lipinski definition) is 5. The van der Waals surface area contributed by atoms with Crippen LogP contribution in [0.2, 0.25) is 0 Å². The van der Waals surface area contributed by atoms with Gasteiger partial charge in [0.2, 0.25) is 0 Å². The van der Waals surface area contributed by atoms with Crippen molar-refractivity contribution in [3.05, 3.63) is 33.9 Å². The van der Waals surface area contributed by atoms with Crippen LogP contribution in [0.5, 0.6) is 0 Å². The molecule has 4 nitrogen and oxygen atoms in total. The van der Waals surface area contributed by atoms with Crippen molar-refractivity contribution >= 4 is 38.2 Å². The fraction of sp³-hybridized carbons (Fsp3) is 0.167. The Morgan fingerprint density at radius 2 is 2.22 bits per heavy atom. The first-order valence-corrected chi connectivity index (χ1v) is 6.75. The normalized spacial score (nSPS) is 10.4. The molecule has 2 rings (SSSR count). The van der Waals surface area contributed by atoms with Crippen LogP contribution in [0.15, 0.2) is 22.7 Å². The zero-order chi connectivity index (χ0) is 13.3. The number of anilines is 1. The van der Waals surface area contributed by atoms with E-state index in [1.165, 1.54) is 18.4 Å². The number of ether oxygens (including phenoxy) is 1. The molecule has 0 fully saturated rings. The molecule has 94 valence electrons. The Kier molecular flexibility index (Phi) is 3.68. The average Bonchev–Trinajstić information content (AvgIpc) is 2.74. The number of methoxy groups -OCH3 is 1. The fourth-order valence-corrected chi connectivity index (χ4v) is 2.62. The van der Waals surface area contributed by atoms with E-state index in [1.54, 1.807) is 0 Å². The zero-order valence-electron chi connectivity index (χ0n) is 9.86. The van der Waals surface area contributed by atoms with Crippen LogP contribution in [-0.2, 0) is 4.74 Å². The molecule has 0 unspecified atom stereocenters. The van der Waals surface area contributed by atoms with E-state index >= 15 is 0 Å². The van der Waals surface area contributed by atoms with Gasteiger partial charge in [0.05, 0.1) is 7.11 Å². The van der Waals surface area contributed by atoms with E-state index in [9.17, 15) is 4.79 Å². The predicted molar refractivity (Wildman–Crippen MR) is 75.7 cm³/mol. The highest BCUT2D eigenvalue weighted by atomic mass is 79.9. The maximum absolute atomic E-state index is 11.4. The standard InChI is InChI=1S/C12H11BrN2O2S/c1-6-3-4-7(5-8(6)13)11-15-9(10(14)18-11)12(16)17-2/h3-5H,14H2,1-2H3. The van der Waals surface area contributed by atoms with Crippen molar-refractivity contribution in [2.45, 2.75) is 6.92 Å². The van der Waals surface area contributed by atoms with E-state index < -0.39 is 5.97 Å². The third-order valence-electron chi connectivity index (χ3n) is 2.45. The predicted octanol–water partition coefficient (Wildman–Crippen LogP) is 3.25. The Morgan fingerprint density at radius 1 is 1.50 bits per heavy atom. The number of benzene rings is 1. The molecule has 1 heterocycles. The van der Waals surface area contributed by atoms with Crippen molar-refractivity contribution in [3.63, 3.8) is 0 Å². The summed E-state index contributed by atoms with van der Waals surface area (Å²) >= 11 is 4.74. The van der Waals surface area contributed by atoms with Crippen LogP contribution in [0, 0.1) is 6.92 Å². The first-order chi connectivity index (χ1) is 8.52. The van der Waals surface area contributed by atoms with Crippen LogP contribution < -0.4 is 5.73 Å². The largest absolute Gasteiger partial charge is 0.464 e. The van der Waals surface area contributed by atoms with Crippen LogP contribution in [-0.4, -0.2) is 18.1 Å². The molecule has 2 N–H and O–H groups in total. The average molecular weight is 327 g/mol. The Bertz CT molecular complexity index is 610. The summed E-state index contributed by atoms with van der Waals surface area (Å²) in [5, 5.41) is 1.07. The summed E-state index contributed by atoms with van der Waals surface area (Å²) < 4.78 is 5.62. The summed E-state index contributed by atoms with van der Waals surface area (Å²) in [6, 6.07) is 5.88. The van der Waals surface area contributed by atoms with Gasteiger partial charge < -0.3 is 10.5 Å². The van der Waals surface area contributed by atoms with E-state index in [1.807, 2.05) is 25.1 Å². The molecule has 0 aliphatic rings. The van der Waals surface area contributed by atoms with Gasteiger partial charge in [0.1, 0.15) is 10.0 Å². The highest BCUT2D eigenvalue weighted by molar-refractivity contribution is 9.10. The minimum atomic E-state index is -0.513. The van der Waals surface area contributed by atoms with Gasteiger partial charge in [0.25, 0.3) is 0 Å². The minimum Gasteiger partial charge on any atom is -0.464 e. The highest BCUT2D eigenvalue weighted by Gasteiger charge is 2.17. The maximum Gasteiger partial charge on any atom is 0.359 e. The second-order valence-corrected chi connectivity index (χ2v) is 5.57. The number of aryl methyl sites for hydroxylation is 1. The fourth-order valence-electron chi connectivity index (χ4n) is 1.42. The molecular formula is C12H11BrN2O2S. The topological polar surface area (TPSA) is 65.2 Å². The summed E-state index contributed by atoms with van der Waals surface area (Å²) in [4.78, 5) is 15.7. The molecule has 1 aromatic heterocycles. The molecule has 2 aromatic rings. The molecule has 6 heteroatoms. The van der Waals surface area contributed by atoms with Gasteiger partial charge in [-0.25, -0.2) is 9.78 Å². The minimum absolute atomic E-state index is 0.175. The summed E-state index contributed by atoms with van der Waals surface area (Å²) in [6.07, 6.45) is 0. The second kappa shape index (κ2) is 5.07. The Hall–Kier alpha value is -1.40. The Morgan fingerprint density at radius 3 is 2.83 bits per heavy atom. The van der Waals surface area contributed by atoms with Gasteiger partial charge >= 0.3 is 5.97 Å². The maximum atomic E-state index is 11.4. The molecule has 0 spiro atoms. The van der Waals surface area contributed by atoms with Gasteiger partial charge in [-0.05, 0) is 18.6 Å². The number of rotatable bonds is 2. The molecule has 18 heavy (non-hydrogen) atoms. The number of hydrogen-bond donors (Lipinski definition) is 1. The molecular weight excluding hydrogens is 316 g/mol. The number of halogens is 1. The number of carbonyl (C=O) groups excluding carboxylic acids is 1. The van der Waals surface area contributed by atoms with Crippen LogP contribution >= 0.6 is 27.3 Å². The van der Waals surface area contributed by atoms with Crippen molar-refractivity contribution in [1.29, 1.82) is 0 Å². The summed E-state index contributed by atoms with van der Waals surface area (Å²) in [7, 11) is 1.31. The number of aromatic nitrogens is 1. The van der Waals surface area contributed by atoms with E-state index in [2.05, 4.69) is 25.7 Å². The molecule has 0 saturated heterocycles. The van der Waals surface area contributed by atoms with Crippen LogP contribution in [0.3, 0.4) is 0 Å². The SMILES string of the molecule is COC(=O)c1nc(-c2ccc(C)c(Br)c2)sc1N. The van der Waals surface area contributed by atoms with Gasteiger partial charge in [0.15, 0.2) is 5.69 Å². The lowest BCUT2D eigenvalue weighted by atomic mass is 10.2. The van der Waals surface area contributed by atoms with Crippen molar-refractivity contribution in [2.24, 2.45) is 0 Å². The van der Waals surface area contributed by atoms with E-state index in [4.69, 9.17) is 5.73 Å². The number of esters is 1. The number of nitrogen functional groups attached to an aromatic ring is 1. The van der Waals surface area contributed by atoms with Gasteiger partial charge in [-0.3, -0.25) is 0 Å². The lowest BCUT2D eigenvalue weighted by Gasteiger charge is -2.00. The van der Waals surface area contributed by atoms with Gasteiger partial charge in [-0.15, -0.1) is 0 Å². The summed E-state index contributed by atoms with van der Waals surface area (Å²) in [5.41, 5.74) is 7.99. The number of carbonyl (C=O) groups is 1. The second-order valence-electron chi connectivity index (χ2n) is 3.69. The Labute approximate surface area is 117 Å². The lowest BCUT2D eigenvalue weighted by Crippen LogP contribution is -2.04. The first-order valence-electron chi connectivity index (χ1n) is 5.14. The quantitative estimate of drug-likeness (QED) is 0.860. The van der Waals surface area contributed by atoms with E-state index in [0.717, 1.165) is 15.6 Å². The summed E-state index contributed by atoms with van der Waals surface area (Å²) in [6.45, 7) is 2.00.